The molecule has 0 radical (unpaired) electrons. The smallest absolute Gasteiger partial charge is 0.217 e. The molecule has 1 aliphatic rings. The third-order valence-electron chi connectivity index (χ3n) is 4.38. The predicted molar refractivity (Wildman–Crippen MR) is 95.5 cm³/mol. The van der Waals surface area contributed by atoms with Gasteiger partial charge < -0.3 is 20.7 Å². The lowest BCUT2D eigenvalue weighted by molar-refractivity contribution is -0.119. The van der Waals surface area contributed by atoms with E-state index in [2.05, 4.69) is 27.3 Å². The summed E-state index contributed by atoms with van der Waals surface area (Å²) in [7, 11) is 3.50. The van der Waals surface area contributed by atoms with Crippen LogP contribution in [0.5, 0.6) is 0 Å². The lowest BCUT2D eigenvalue weighted by Crippen LogP contribution is -2.47. The number of carbonyl (C=O) groups excluding carboxylic acids is 1. The van der Waals surface area contributed by atoms with Crippen LogP contribution < -0.4 is 11.1 Å². The van der Waals surface area contributed by atoms with Gasteiger partial charge in [0, 0.05) is 40.2 Å². The van der Waals surface area contributed by atoms with Crippen molar-refractivity contribution in [3.05, 3.63) is 35.4 Å². The number of hydrogen-bond donors (Lipinski definition) is 2. The van der Waals surface area contributed by atoms with E-state index < -0.39 is 0 Å². The van der Waals surface area contributed by atoms with Gasteiger partial charge in [0.2, 0.25) is 5.91 Å². The van der Waals surface area contributed by atoms with Gasteiger partial charge in [0.05, 0.1) is 6.61 Å². The highest BCUT2D eigenvalue weighted by Gasteiger charge is 2.23. The first kappa shape index (κ1) is 18.3. The van der Waals surface area contributed by atoms with E-state index in [-0.39, 0.29) is 5.91 Å². The number of carbonyl (C=O) groups is 1. The van der Waals surface area contributed by atoms with E-state index in [1.165, 1.54) is 11.1 Å². The van der Waals surface area contributed by atoms with E-state index in [4.69, 9.17) is 10.5 Å². The van der Waals surface area contributed by atoms with Crippen LogP contribution in [-0.2, 0) is 22.7 Å². The number of methoxy groups -OCH3 is 1. The lowest BCUT2D eigenvalue weighted by Gasteiger charge is -2.34. The fourth-order valence-corrected chi connectivity index (χ4v) is 3.24. The first-order chi connectivity index (χ1) is 11.6. The molecular weight excluding hydrogens is 304 g/mol. The molecule has 1 aromatic rings. The summed E-state index contributed by atoms with van der Waals surface area (Å²) in [6, 6.07) is 8.22. The molecule has 0 aliphatic carbocycles. The second kappa shape index (κ2) is 9.27. The Morgan fingerprint density at radius 2 is 2.17 bits per heavy atom. The van der Waals surface area contributed by atoms with Crippen molar-refractivity contribution in [1.82, 2.24) is 10.2 Å². The molecule has 0 spiro atoms. The molecule has 3 N–H and O–H groups in total. The monoisotopic (exact) mass is 332 g/mol. The topological polar surface area (TPSA) is 80.0 Å². The number of nitrogens with one attached hydrogen (secondary N) is 1. The minimum Gasteiger partial charge on any atom is -0.380 e. The second-order valence-electron chi connectivity index (χ2n) is 6.23. The van der Waals surface area contributed by atoms with E-state index in [0.717, 1.165) is 31.9 Å². The third kappa shape index (κ3) is 5.23. The molecule has 0 bridgehead atoms. The maximum Gasteiger partial charge on any atom is 0.217 e. The van der Waals surface area contributed by atoms with E-state index >= 15 is 0 Å². The van der Waals surface area contributed by atoms with Crippen LogP contribution in [0.2, 0.25) is 0 Å². The normalized spacial score (nSPS) is 18.5. The molecule has 0 saturated carbocycles. The molecule has 0 aromatic heterocycles. The Kier molecular flexibility index (Phi) is 7.06. The van der Waals surface area contributed by atoms with Crippen LogP contribution in [0.4, 0.5) is 0 Å². The summed E-state index contributed by atoms with van der Waals surface area (Å²) in [5.41, 5.74) is 7.72. The average Bonchev–Trinajstić information content (AvgIpc) is 2.57. The van der Waals surface area contributed by atoms with Crippen LogP contribution in [0.1, 0.15) is 30.4 Å². The van der Waals surface area contributed by atoms with Gasteiger partial charge in [0.15, 0.2) is 5.96 Å². The molecule has 1 saturated heterocycles. The van der Waals surface area contributed by atoms with Crippen LogP contribution in [0, 0.1) is 5.92 Å². The van der Waals surface area contributed by atoms with Crippen molar-refractivity contribution in [3.8, 4) is 0 Å². The second-order valence-corrected chi connectivity index (χ2v) is 6.23. The Balaban J connectivity index is 1.96. The molecule has 6 nitrogen and oxygen atoms in total. The summed E-state index contributed by atoms with van der Waals surface area (Å²) < 4.78 is 5.26. The highest BCUT2D eigenvalue weighted by Crippen LogP contribution is 2.19. The van der Waals surface area contributed by atoms with Crippen molar-refractivity contribution in [3.63, 3.8) is 0 Å². The Bertz CT molecular complexity index is 574. The summed E-state index contributed by atoms with van der Waals surface area (Å²) in [6.45, 7) is 3.07. The Morgan fingerprint density at radius 3 is 2.83 bits per heavy atom. The molecule has 1 aromatic carbocycles. The van der Waals surface area contributed by atoms with Gasteiger partial charge in [0.1, 0.15) is 0 Å². The number of ether oxygens (including phenoxy) is 1. The highest BCUT2D eigenvalue weighted by atomic mass is 16.5. The van der Waals surface area contributed by atoms with Gasteiger partial charge in [-0.1, -0.05) is 24.3 Å². The van der Waals surface area contributed by atoms with Crippen molar-refractivity contribution in [2.24, 2.45) is 16.6 Å². The summed E-state index contributed by atoms with van der Waals surface area (Å²) in [4.78, 5) is 17.8. The molecule has 1 fully saturated rings. The number of piperidine rings is 1. The SMILES string of the molecule is CN=C(NCc1ccccc1COC)N1CCCC(CC(N)=O)C1. The Hall–Kier alpha value is -2.08. The van der Waals surface area contributed by atoms with E-state index in [9.17, 15) is 4.79 Å². The van der Waals surface area contributed by atoms with Crippen molar-refractivity contribution in [2.45, 2.75) is 32.4 Å². The van der Waals surface area contributed by atoms with Crippen LogP contribution in [0.15, 0.2) is 29.3 Å². The standard InChI is InChI=1S/C18H28N4O2/c1-20-18(22-9-5-6-14(12-22)10-17(19)23)21-11-15-7-3-4-8-16(15)13-24-2/h3-4,7-8,14H,5-6,9-13H2,1-2H3,(H2,19,23)(H,20,21). The average molecular weight is 332 g/mol. The first-order valence-electron chi connectivity index (χ1n) is 8.43. The fraction of sp³-hybridized carbons (Fsp3) is 0.556. The van der Waals surface area contributed by atoms with Crippen molar-refractivity contribution >= 4 is 11.9 Å². The number of likely N-dealkylation sites (tertiary alicyclic amines) is 1. The number of aliphatic imine (C=N–C) groups is 1. The molecular formula is C18H28N4O2. The highest BCUT2D eigenvalue weighted by molar-refractivity contribution is 5.80. The van der Waals surface area contributed by atoms with Crippen LogP contribution in [-0.4, -0.2) is 44.0 Å². The van der Waals surface area contributed by atoms with Gasteiger partial charge in [-0.25, -0.2) is 0 Å². The number of guanidine groups is 1. The minimum absolute atomic E-state index is 0.224. The number of nitrogens with two attached hydrogens (primary N) is 1. The van der Waals surface area contributed by atoms with Gasteiger partial charge in [-0.05, 0) is 29.9 Å². The Labute approximate surface area is 144 Å². The molecule has 1 amide bonds. The van der Waals surface area contributed by atoms with Crippen molar-refractivity contribution in [1.29, 1.82) is 0 Å². The summed E-state index contributed by atoms with van der Waals surface area (Å²) in [6.07, 6.45) is 2.55. The molecule has 1 heterocycles. The number of amides is 1. The lowest BCUT2D eigenvalue weighted by atomic mass is 9.95. The van der Waals surface area contributed by atoms with Gasteiger partial charge in [-0.15, -0.1) is 0 Å². The van der Waals surface area contributed by atoms with Crippen molar-refractivity contribution < 1.29 is 9.53 Å². The number of benzene rings is 1. The molecule has 2 rings (SSSR count). The summed E-state index contributed by atoms with van der Waals surface area (Å²) >= 11 is 0. The molecule has 1 atom stereocenters. The third-order valence-corrected chi connectivity index (χ3v) is 4.38. The summed E-state index contributed by atoms with van der Waals surface area (Å²) in [5.74, 6) is 0.963. The molecule has 132 valence electrons. The first-order valence-corrected chi connectivity index (χ1v) is 8.43. The fourth-order valence-electron chi connectivity index (χ4n) is 3.24. The molecule has 6 heteroatoms. The van der Waals surface area contributed by atoms with E-state index in [1.54, 1.807) is 14.2 Å². The van der Waals surface area contributed by atoms with Gasteiger partial charge in [0.25, 0.3) is 0 Å². The Morgan fingerprint density at radius 1 is 1.42 bits per heavy atom. The van der Waals surface area contributed by atoms with Crippen LogP contribution in [0.3, 0.4) is 0 Å². The van der Waals surface area contributed by atoms with Crippen LogP contribution >= 0.6 is 0 Å². The largest absolute Gasteiger partial charge is 0.380 e. The van der Waals surface area contributed by atoms with E-state index in [1.807, 2.05) is 12.1 Å². The molecule has 24 heavy (non-hydrogen) atoms. The van der Waals surface area contributed by atoms with Gasteiger partial charge >= 0.3 is 0 Å². The minimum atomic E-state index is -0.224. The van der Waals surface area contributed by atoms with Gasteiger partial charge in [-0.2, -0.15) is 0 Å². The zero-order valence-corrected chi connectivity index (χ0v) is 14.6. The van der Waals surface area contributed by atoms with Crippen LogP contribution in [0.25, 0.3) is 0 Å². The number of primary amides is 1. The zero-order chi connectivity index (χ0) is 17.4. The maximum absolute atomic E-state index is 11.2. The number of rotatable bonds is 6. The van der Waals surface area contributed by atoms with E-state index in [0.29, 0.717) is 25.5 Å². The van der Waals surface area contributed by atoms with Gasteiger partial charge in [-0.3, -0.25) is 9.79 Å². The summed E-state index contributed by atoms with van der Waals surface area (Å²) in [5, 5.41) is 3.43. The molecule has 1 aliphatic heterocycles. The quantitative estimate of drug-likeness (QED) is 0.611. The number of hydrogen-bond acceptors (Lipinski definition) is 3. The van der Waals surface area contributed by atoms with Crippen molar-refractivity contribution in [2.75, 3.05) is 27.2 Å². The molecule has 1 unspecified atom stereocenters. The maximum atomic E-state index is 11.2. The predicted octanol–water partition coefficient (Wildman–Crippen LogP) is 1.50. The zero-order valence-electron chi connectivity index (χ0n) is 14.6. The number of nitrogens with zero attached hydrogens (tertiary/aromatic N) is 2.